The summed E-state index contributed by atoms with van der Waals surface area (Å²) in [5.74, 6) is -0.315. The quantitative estimate of drug-likeness (QED) is 0.606. The van der Waals surface area contributed by atoms with E-state index in [-0.39, 0.29) is 5.78 Å². The highest BCUT2D eigenvalue weighted by atomic mass is 32.1. The summed E-state index contributed by atoms with van der Waals surface area (Å²) in [7, 11) is 0. The van der Waals surface area contributed by atoms with Crippen molar-refractivity contribution in [3.05, 3.63) is 16.6 Å². The molecule has 0 fully saturated rings. The van der Waals surface area contributed by atoms with Gasteiger partial charge in [0, 0.05) is 11.6 Å². The molecule has 3 nitrogen and oxygen atoms in total. The Kier molecular flexibility index (Phi) is 1.92. The number of carbonyl (C=O) groups is 1. The monoisotopic (exact) mass is 143 g/mol. The summed E-state index contributed by atoms with van der Waals surface area (Å²) in [6, 6.07) is 0. The first-order valence-corrected chi connectivity index (χ1v) is 3.26. The molecule has 4 heteroatoms. The van der Waals surface area contributed by atoms with Crippen molar-refractivity contribution in [2.45, 2.75) is 0 Å². The molecule has 1 aromatic heterocycles. The fourth-order valence-corrected chi connectivity index (χ4v) is 0.997. The van der Waals surface area contributed by atoms with Crippen LogP contribution in [0.4, 0.5) is 0 Å². The maximum absolute atomic E-state index is 10.6. The molecule has 1 rings (SSSR count). The highest BCUT2D eigenvalue weighted by molar-refractivity contribution is 7.11. The minimum Gasteiger partial charge on any atom is -0.388 e. The second-order valence-electron chi connectivity index (χ2n) is 1.42. The van der Waals surface area contributed by atoms with Crippen LogP contribution in [0.25, 0.3) is 0 Å². The van der Waals surface area contributed by atoms with E-state index in [0.717, 1.165) is 0 Å². The average Bonchev–Trinajstić information content (AvgIpc) is 2.37. The van der Waals surface area contributed by atoms with Crippen molar-refractivity contribution >= 4 is 17.1 Å². The largest absolute Gasteiger partial charge is 0.388 e. The van der Waals surface area contributed by atoms with Crippen molar-refractivity contribution in [2.75, 3.05) is 6.61 Å². The zero-order valence-corrected chi connectivity index (χ0v) is 5.39. The van der Waals surface area contributed by atoms with Crippen LogP contribution in [0.15, 0.2) is 11.6 Å². The molecule has 0 atom stereocenters. The first-order valence-electron chi connectivity index (χ1n) is 2.38. The van der Waals surface area contributed by atoms with Gasteiger partial charge in [-0.15, -0.1) is 11.3 Å². The van der Waals surface area contributed by atoms with Crippen molar-refractivity contribution in [1.29, 1.82) is 0 Å². The number of carbonyl (C=O) groups excluding carboxylic acids is 1. The average molecular weight is 143 g/mol. The van der Waals surface area contributed by atoms with Gasteiger partial charge in [-0.2, -0.15) is 0 Å². The lowest BCUT2D eigenvalue weighted by Gasteiger charge is -1.84. The van der Waals surface area contributed by atoms with Crippen LogP contribution in [0.2, 0.25) is 0 Å². The number of nitrogens with zero attached hydrogens (tertiary/aromatic N) is 1. The molecule has 0 aromatic carbocycles. The van der Waals surface area contributed by atoms with E-state index in [9.17, 15) is 4.79 Å². The van der Waals surface area contributed by atoms with Gasteiger partial charge in [0.1, 0.15) is 6.61 Å². The lowest BCUT2D eigenvalue weighted by Crippen LogP contribution is -2.02. The molecule has 48 valence electrons. The predicted molar refractivity (Wildman–Crippen MR) is 33.5 cm³/mol. The number of ketones is 1. The summed E-state index contributed by atoms with van der Waals surface area (Å²) in [4.78, 5) is 14.3. The fourth-order valence-electron chi connectivity index (χ4n) is 0.429. The van der Waals surface area contributed by atoms with E-state index in [4.69, 9.17) is 5.11 Å². The van der Waals surface area contributed by atoms with Crippen LogP contribution in [0.1, 0.15) is 9.80 Å². The van der Waals surface area contributed by atoms with Crippen molar-refractivity contribution < 1.29 is 9.90 Å². The van der Waals surface area contributed by atoms with Crippen LogP contribution < -0.4 is 0 Å². The third-order valence-corrected chi connectivity index (χ3v) is 1.63. The number of thiazole rings is 1. The number of rotatable bonds is 2. The zero-order valence-electron chi connectivity index (χ0n) is 4.57. The molecule has 0 amide bonds. The van der Waals surface area contributed by atoms with Gasteiger partial charge in [-0.1, -0.05) is 0 Å². The Morgan fingerprint density at radius 2 is 2.67 bits per heavy atom. The van der Waals surface area contributed by atoms with Gasteiger partial charge in [-0.3, -0.25) is 4.79 Å². The summed E-state index contributed by atoms with van der Waals surface area (Å²) < 4.78 is 0. The van der Waals surface area contributed by atoms with Gasteiger partial charge in [0.25, 0.3) is 0 Å². The molecule has 0 aliphatic rings. The number of aromatic nitrogens is 1. The summed E-state index contributed by atoms with van der Waals surface area (Å²) in [5.41, 5.74) is 0. The van der Waals surface area contributed by atoms with Crippen LogP contribution >= 0.6 is 11.3 Å². The predicted octanol–water partition coefficient (Wildman–Crippen LogP) is 0.318. The SMILES string of the molecule is O=C(CO)c1nccs1. The fraction of sp³-hybridized carbons (Fsp3) is 0.200. The second-order valence-corrected chi connectivity index (χ2v) is 2.31. The molecule has 1 N–H and O–H groups in total. The smallest absolute Gasteiger partial charge is 0.216 e. The Balaban J connectivity index is 2.77. The van der Waals surface area contributed by atoms with Gasteiger partial charge in [0.05, 0.1) is 0 Å². The topological polar surface area (TPSA) is 50.2 Å². The lowest BCUT2D eigenvalue weighted by atomic mass is 10.4. The third kappa shape index (κ3) is 1.34. The lowest BCUT2D eigenvalue weighted by molar-refractivity contribution is 0.0903. The molecular formula is C5H5NO2S. The summed E-state index contributed by atoms with van der Waals surface area (Å²) >= 11 is 1.23. The molecule has 1 aromatic rings. The molecule has 0 bridgehead atoms. The van der Waals surface area contributed by atoms with E-state index in [1.807, 2.05) is 0 Å². The van der Waals surface area contributed by atoms with Crippen LogP contribution in [0, 0.1) is 0 Å². The summed E-state index contributed by atoms with van der Waals surface area (Å²) in [5, 5.41) is 10.4. The molecule has 0 saturated carbocycles. The van der Waals surface area contributed by atoms with E-state index in [0.29, 0.717) is 5.01 Å². The summed E-state index contributed by atoms with van der Waals surface area (Å²) in [6.45, 7) is -0.451. The maximum Gasteiger partial charge on any atom is 0.216 e. The molecule has 0 spiro atoms. The standard InChI is InChI=1S/C5H5NO2S/c7-3-4(8)5-6-1-2-9-5/h1-2,7H,3H2. The molecule has 9 heavy (non-hydrogen) atoms. The van der Waals surface area contributed by atoms with Gasteiger partial charge < -0.3 is 5.11 Å². The van der Waals surface area contributed by atoms with E-state index in [1.165, 1.54) is 17.5 Å². The first kappa shape index (κ1) is 6.38. The first-order chi connectivity index (χ1) is 4.34. The number of Topliss-reactive ketones (excluding diaryl/α,β-unsaturated/α-hetero) is 1. The number of aliphatic hydroxyl groups is 1. The van der Waals surface area contributed by atoms with Crippen molar-refractivity contribution in [2.24, 2.45) is 0 Å². The Morgan fingerprint density at radius 1 is 1.89 bits per heavy atom. The zero-order chi connectivity index (χ0) is 6.69. The third-order valence-electron chi connectivity index (χ3n) is 0.814. The molecule has 0 radical (unpaired) electrons. The number of hydrogen-bond acceptors (Lipinski definition) is 4. The Labute approximate surface area is 56.0 Å². The Bertz CT molecular complexity index is 195. The van der Waals surface area contributed by atoms with Gasteiger partial charge >= 0.3 is 0 Å². The molecule has 0 saturated heterocycles. The molecule has 1 heterocycles. The van der Waals surface area contributed by atoms with Gasteiger partial charge in [0.15, 0.2) is 5.01 Å². The van der Waals surface area contributed by atoms with E-state index >= 15 is 0 Å². The van der Waals surface area contributed by atoms with E-state index in [2.05, 4.69) is 4.98 Å². The van der Waals surface area contributed by atoms with Crippen LogP contribution in [-0.2, 0) is 0 Å². The van der Waals surface area contributed by atoms with Crippen molar-refractivity contribution in [3.8, 4) is 0 Å². The highest BCUT2D eigenvalue weighted by Gasteiger charge is 2.04. The Morgan fingerprint density at radius 3 is 3.11 bits per heavy atom. The maximum atomic E-state index is 10.6. The van der Waals surface area contributed by atoms with Crippen LogP contribution in [-0.4, -0.2) is 22.5 Å². The molecule has 0 unspecified atom stereocenters. The van der Waals surface area contributed by atoms with Gasteiger partial charge in [0.2, 0.25) is 5.78 Å². The number of hydrogen-bond donors (Lipinski definition) is 1. The molecular weight excluding hydrogens is 138 g/mol. The van der Waals surface area contributed by atoms with Crippen molar-refractivity contribution in [1.82, 2.24) is 4.98 Å². The van der Waals surface area contributed by atoms with E-state index in [1.54, 1.807) is 5.38 Å². The van der Waals surface area contributed by atoms with Gasteiger partial charge in [-0.25, -0.2) is 4.98 Å². The second kappa shape index (κ2) is 2.70. The van der Waals surface area contributed by atoms with Crippen molar-refractivity contribution in [3.63, 3.8) is 0 Å². The molecule has 0 aliphatic heterocycles. The van der Waals surface area contributed by atoms with Gasteiger partial charge in [-0.05, 0) is 0 Å². The van der Waals surface area contributed by atoms with Crippen LogP contribution in [0.5, 0.6) is 0 Å². The normalized spacial score (nSPS) is 9.44. The van der Waals surface area contributed by atoms with Crippen LogP contribution in [0.3, 0.4) is 0 Å². The van der Waals surface area contributed by atoms with E-state index < -0.39 is 6.61 Å². The summed E-state index contributed by atoms with van der Waals surface area (Å²) in [6.07, 6.45) is 1.54. The highest BCUT2D eigenvalue weighted by Crippen LogP contribution is 2.03. The minimum absolute atomic E-state index is 0.315. The number of aliphatic hydroxyl groups excluding tert-OH is 1. The Hall–Kier alpha value is -0.740. The minimum atomic E-state index is -0.451. The molecule has 0 aliphatic carbocycles.